The number of carbonyl (C=O) groups excluding carboxylic acids is 1. The van der Waals surface area contributed by atoms with Crippen molar-refractivity contribution in [1.82, 2.24) is 9.80 Å². The van der Waals surface area contributed by atoms with Crippen molar-refractivity contribution < 1.29 is 18.0 Å². The van der Waals surface area contributed by atoms with Gasteiger partial charge in [0.2, 0.25) is 0 Å². The fourth-order valence-electron chi connectivity index (χ4n) is 5.32. The molecule has 3 aliphatic heterocycles. The molecule has 4 aliphatic rings. The van der Waals surface area contributed by atoms with Gasteiger partial charge in [0.05, 0.1) is 16.5 Å². The lowest BCUT2D eigenvalue weighted by Gasteiger charge is -2.54. The second-order valence-corrected chi connectivity index (χ2v) is 9.23. The highest BCUT2D eigenvalue weighted by Gasteiger charge is 2.62. The Balaban J connectivity index is 1.45. The Hall–Kier alpha value is -1.60. The summed E-state index contributed by atoms with van der Waals surface area (Å²) in [5.74, 6) is 0.479. The Morgan fingerprint density at radius 3 is 2.56 bits per heavy atom. The van der Waals surface area contributed by atoms with Gasteiger partial charge in [-0.25, -0.2) is 0 Å². The number of amides is 1. The van der Waals surface area contributed by atoms with Crippen LogP contribution in [0.15, 0.2) is 24.3 Å². The molecule has 1 unspecified atom stereocenters. The van der Waals surface area contributed by atoms with Gasteiger partial charge >= 0.3 is 6.18 Å². The minimum absolute atomic E-state index is 0.0604. The van der Waals surface area contributed by atoms with Gasteiger partial charge in [-0.2, -0.15) is 13.2 Å². The van der Waals surface area contributed by atoms with Gasteiger partial charge in [0.15, 0.2) is 0 Å². The largest absolute Gasteiger partial charge is 0.416 e. The monoisotopic (exact) mass is 394 g/mol. The number of carbonyl (C=O) groups is 1. The van der Waals surface area contributed by atoms with Crippen molar-refractivity contribution in [3.63, 3.8) is 0 Å². The molecule has 1 aliphatic carbocycles. The van der Waals surface area contributed by atoms with Gasteiger partial charge < -0.3 is 4.90 Å². The van der Waals surface area contributed by atoms with Gasteiger partial charge in [0, 0.05) is 17.3 Å². The summed E-state index contributed by atoms with van der Waals surface area (Å²) in [6.45, 7) is 2.26. The van der Waals surface area contributed by atoms with E-state index < -0.39 is 11.7 Å². The molecule has 1 saturated carbocycles. The highest BCUT2D eigenvalue weighted by molar-refractivity contribution is 7.20. The number of piperidine rings is 3. The number of likely N-dealkylation sites (N-methyl/N-ethyl adjacent to an activating group) is 1. The highest BCUT2D eigenvalue weighted by Crippen LogP contribution is 2.55. The van der Waals surface area contributed by atoms with E-state index in [9.17, 15) is 18.0 Å². The normalized spacial score (nSPS) is 28.7. The second kappa shape index (κ2) is 5.70. The van der Waals surface area contributed by atoms with E-state index in [1.54, 1.807) is 6.07 Å². The zero-order chi connectivity index (χ0) is 19.0. The molecule has 1 amide bonds. The summed E-state index contributed by atoms with van der Waals surface area (Å²) >= 11 is 1.16. The molecular weight excluding hydrogens is 373 g/mol. The summed E-state index contributed by atoms with van der Waals surface area (Å²) in [6, 6.07) is 5.65. The van der Waals surface area contributed by atoms with Gasteiger partial charge in [-0.15, -0.1) is 11.3 Å². The first kappa shape index (κ1) is 17.5. The molecule has 0 radical (unpaired) electrons. The van der Waals surface area contributed by atoms with Gasteiger partial charge in [0.1, 0.15) is 0 Å². The van der Waals surface area contributed by atoms with E-state index in [1.807, 2.05) is 11.9 Å². The second-order valence-electron chi connectivity index (χ2n) is 8.15. The number of thiophene rings is 1. The van der Waals surface area contributed by atoms with Crippen LogP contribution in [0.3, 0.4) is 0 Å². The van der Waals surface area contributed by atoms with E-state index in [1.165, 1.54) is 6.07 Å². The lowest BCUT2D eigenvalue weighted by Crippen LogP contribution is -2.65. The summed E-state index contributed by atoms with van der Waals surface area (Å²) in [5, 5.41) is 0.694. The average molecular weight is 394 g/mol. The van der Waals surface area contributed by atoms with Crippen LogP contribution in [0.5, 0.6) is 0 Å². The van der Waals surface area contributed by atoms with Crippen LogP contribution >= 0.6 is 11.3 Å². The van der Waals surface area contributed by atoms with E-state index in [-0.39, 0.29) is 17.5 Å². The number of halogens is 3. The number of hydrogen-bond acceptors (Lipinski definition) is 3. The number of nitrogens with zero attached hydrogens (tertiary/aromatic N) is 2. The van der Waals surface area contributed by atoms with Crippen LogP contribution in [-0.2, 0) is 6.18 Å². The molecule has 1 aromatic carbocycles. The predicted octanol–water partition coefficient (Wildman–Crippen LogP) is 4.62. The molecule has 27 heavy (non-hydrogen) atoms. The molecular formula is C20H21F3N2OS. The first-order chi connectivity index (χ1) is 12.8. The molecule has 7 heteroatoms. The predicted molar refractivity (Wildman–Crippen MR) is 99.0 cm³/mol. The summed E-state index contributed by atoms with van der Waals surface area (Å²) in [7, 11) is 1.88. The summed E-state index contributed by atoms with van der Waals surface area (Å²) in [6.07, 6.45) is 0.185. The maximum atomic E-state index is 13.2. The molecule has 4 fully saturated rings. The van der Waals surface area contributed by atoms with Crippen LogP contribution in [0, 0.1) is 5.92 Å². The number of fused-ring (bicyclic) bond motifs is 3. The Kier molecular flexibility index (Phi) is 3.70. The smallest absolute Gasteiger partial charge is 0.336 e. The zero-order valence-corrected chi connectivity index (χ0v) is 15.9. The van der Waals surface area contributed by atoms with Crippen molar-refractivity contribution in [1.29, 1.82) is 0 Å². The van der Waals surface area contributed by atoms with Crippen LogP contribution in [0.1, 0.15) is 40.9 Å². The van der Waals surface area contributed by atoms with Crippen LogP contribution in [0.4, 0.5) is 13.2 Å². The van der Waals surface area contributed by atoms with Crippen molar-refractivity contribution >= 4 is 27.3 Å². The fourth-order valence-corrected chi connectivity index (χ4v) is 6.40. The van der Waals surface area contributed by atoms with Gasteiger partial charge in [-0.1, -0.05) is 6.07 Å². The van der Waals surface area contributed by atoms with Crippen molar-refractivity contribution in [2.45, 2.75) is 43.4 Å². The molecule has 1 spiro atoms. The Bertz CT molecular complexity index is 910. The fraction of sp³-hybridized carbons (Fsp3) is 0.550. The third-order valence-corrected chi connectivity index (χ3v) is 7.81. The Morgan fingerprint density at radius 1 is 1.22 bits per heavy atom. The van der Waals surface area contributed by atoms with Crippen molar-refractivity contribution in [3.05, 3.63) is 34.7 Å². The number of rotatable bonds is 2. The maximum Gasteiger partial charge on any atom is 0.416 e. The van der Waals surface area contributed by atoms with Crippen LogP contribution < -0.4 is 0 Å². The third kappa shape index (κ3) is 2.62. The molecule has 0 N–H and O–H groups in total. The van der Waals surface area contributed by atoms with E-state index in [2.05, 4.69) is 4.90 Å². The Labute approximate surface area is 159 Å². The molecule has 1 aromatic heterocycles. The molecule has 3 nitrogen and oxygen atoms in total. The van der Waals surface area contributed by atoms with Gasteiger partial charge in [-0.3, -0.25) is 9.69 Å². The van der Waals surface area contributed by atoms with Crippen molar-refractivity contribution in [2.24, 2.45) is 5.92 Å². The summed E-state index contributed by atoms with van der Waals surface area (Å²) in [4.78, 5) is 18.2. The number of alkyl halides is 3. The standard InChI is InChI=1S/C20H21F3N2OS/c1-24(17-12-4-8-25(9-5-12)19(17)6-7-19)18(26)16-10-13-2-3-14(20(21,22)23)11-15(13)27-16/h2-3,10-12,17H,4-9H2,1H3. The lowest BCUT2D eigenvalue weighted by atomic mass is 9.76. The van der Waals surface area contributed by atoms with Crippen LogP contribution in [-0.4, -0.2) is 47.4 Å². The summed E-state index contributed by atoms with van der Waals surface area (Å²) in [5.41, 5.74) is -0.510. The minimum atomic E-state index is -4.37. The topological polar surface area (TPSA) is 23.6 Å². The average Bonchev–Trinajstić information content (AvgIpc) is 3.28. The molecule has 2 bridgehead atoms. The molecule has 3 saturated heterocycles. The van der Waals surface area contributed by atoms with Crippen molar-refractivity contribution in [2.75, 3.05) is 20.1 Å². The van der Waals surface area contributed by atoms with Crippen LogP contribution in [0.25, 0.3) is 10.1 Å². The van der Waals surface area contributed by atoms with Crippen molar-refractivity contribution in [3.8, 4) is 0 Å². The SMILES string of the molecule is CN(C(=O)c1cc2ccc(C(F)(F)F)cc2s1)C1C2CCN(CC2)C12CC2. The lowest BCUT2D eigenvalue weighted by molar-refractivity contribution is -0.137. The molecule has 2 aromatic rings. The van der Waals surface area contributed by atoms with E-state index in [4.69, 9.17) is 0 Å². The van der Waals surface area contributed by atoms with Crippen LogP contribution in [0.2, 0.25) is 0 Å². The molecule has 4 heterocycles. The quantitative estimate of drug-likeness (QED) is 0.742. The summed E-state index contributed by atoms with van der Waals surface area (Å²) < 4.78 is 39.4. The Morgan fingerprint density at radius 2 is 1.93 bits per heavy atom. The highest BCUT2D eigenvalue weighted by atomic mass is 32.1. The maximum absolute atomic E-state index is 13.2. The number of benzene rings is 1. The number of hydrogen-bond donors (Lipinski definition) is 0. The zero-order valence-electron chi connectivity index (χ0n) is 15.1. The molecule has 1 atom stereocenters. The van der Waals surface area contributed by atoms with E-state index in [0.29, 0.717) is 20.9 Å². The molecule has 6 rings (SSSR count). The minimum Gasteiger partial charge on any atom is -0.336 e. The first-order valence-electron chi connectivity index (χ1n) is 9.43. The first-order valence-corrected chi connectivity index (χ1v) is 10.2. The van der Waals surface area contributed by atoms with Gasteiger partial charge in [0.25, 0.3) is 5.91 Å². The van der Waals surface area contributed by atoms with E-state index in [0.717, 1.165) is 62.2 Å². The van der Waals surface area contributed by atoms with E-state index >= 15 is 0 Å². The van der Waals surface area contributed by atoms with Gasteiger partial charge in [-0.05, 0) is 68.3 Å². The third-order valence-electron chi connectivity index (χ3n) is 6.72. The molecule has 144 valence electrons.